The monoisotopic (exact) mass is 386 g/mol. The van der Waals surface area contributed by atoms with E-state index in [1.165, 1.54) is 32.1 Å². The summed E-state index contributed by atoms with van der Waals surface area (Å²) >= 11 is 0.589. The summed E-state index contributed by atoms with van der Waals surface area (Å²) in [4.78, 5) is 13.5. The van der Waals surface area contributed by atoms with E-state index in [2.05, 4.69) is 35.9 Å². The summed E-state index contributed by atoms with van der Waals surface area (Å²) in [5.41, 5.74) is 0. The molecule has 2 amide bonds. The van der Waals surface area contributed by atoms with Gasteiger partial charge in [-0.05, 0) is 0 Å². The first-order valence-electron chi connectivity index (χ1n) is 6.93. The Balaban J connectivity index is 2.46. The minimum atomic E-state index is 0.198. The third-order valence-corrected chi connectivity index (χ3v) is 7.86. The van der Waals surface area contributed by atoms with E-state index in [0.29, 0.717) is 46.0 Å². The molecule has 0 aromatic carbocycles. The fraction of sp³-hybridized carbons (Fsp3) is 0.923. The Morgan fingerprint density at radius 2 is 1.56 bits per heavy atom. The number of amides is 2. The van der Waals surface area contributed by atoms with Gasteiger partial charge in [0.25, 0.3) is 0 Å². The van der Waals surface area contributed by atoms with Crippen LogP contribution >= 0.6 is 0 Å². The van der Waals surface area contributed by atoms with Gasteiger partial charge in [-0.15, -0.1) is 0 Å². The van der Waals surface area contributed by atoms with E-state index in [0.717, 1.165) is 0 Å². The van der Waals surface area contributed by atoms with E-state index in [-0.39, 0.29) is 6.03 Å². The Bertz CT molecular complexity index is 243. The van der Waals surface area contributed by atoms with Gasteiger partial charge in [0.2, 0.25) is 0 Å². The predicted octanol–water partition coefficient (Wildman–Crippen LogP) is 3.23. The van der Waals surface area contributed by atoms with Gasteiger partial charge in [0.15, 0.2) is 0 Å². The summed E-state index contributed by atoms with van der Waals surface area (Å²) in [7, 11) is 0. The molecule has 0 bridgehead atoms. The number of nitrogens with zero attached hydrogens (tertiary/aromatic N) is 1. The molecule has 1 rings (SSSR count). The second-order valence-electron chi connectivity index (χ2n) is 5.35. The van der Waals surface area contributed by atoms with Gasteiger partial charge in [-0.1, -0.05) is 0 Å². The predicted molar refractivity (Wildman–Crippen MR) is 78.9 cm³/mol. The summed E-state index contributed by atoms with van der Waals surface area (Å²) in [6, 6.07) is 0.629. The van der Waals surface area contributed by atoms with Crippen LogP contribution in [0.15, 0.2) is 0 Å². The molecule has 0 heterocycles. The second kappa shape index (κ2) is 8.47. The summed E-state index contributed by atoms with van der Waals surface area (Å²) in [6.07, 6.45) is 6.22. The Morgan fingerprint density at radius 3 is 2.00 bits per heavy atom. The summed E-state index contributed by atoms with van der Waals surface area (Å²) in [6.45, 7) is 8.82. The van der Waals surface area contributed by atoms with Crippen LogP contribution < -0.4 is 5.32 Å². The van der Waals surface area contributed by atoms with Crippen LogP contribution in [0.4, 0.5) is 4.79 Å². The Morgan fingerprint density at radius 1 is 1.06 bits per heavy atom. The first-order valence-corrected chi connectivity index (χ1v) is 10.4. The Hall–Kier alpha value is 0.309. The van der Waals surface area contributed by atoms with Crippen LogP contribution in [0.2, 0.25) is 9.63 Å². The van der Waals surface area contributed by atoms with Crippen LogP contribution in [0.25, 0.3) is 0 Å². The number of hydrogen-bond donors (Lipinski definition) is 1. The normalized spacial score (nSPS) is 17.2. The second-order valence-corrected chi connectivity index (χ2v) is 12.9. The molecule has 0 aromatic heterocycles. The Kier molecular flexibility index (Phi) is 7.70. The number of carbonyl (C=O) groups is 1. The van der Waals surface area contributed by atoms with Gasteiger partial charge in [-0.3, -0.25) is 0 Å². The molecule has 0 saturated heterocycles. The molecule has 0 aromatic rings. The minimum absolute atomic E-state index is 0.198. The molecule has 1 N–H and O–H groups in total. The molecule has 5 heteroatoms. The van der Waals surface area contributed by atoms with Crippen molar-refractivity contribution in [3.05, 3.63) is 0 Å². The van der Waals surface area contributed by atoms with E-state index < -0.39 is 0 Å². The van der Waals surface area contributed by atoms with E-state index in [4.69, 9.17) is 0 Å². The van der Waals surface area contributed by atoms with E-state index in [1.807, 2.05) is 0 Å². The molecular formula is C13H26N2OSe2. The number of carbonyl (C=O) groups excluding carboxylic acids is 1. The molecule has 0 radical (unpaired) electrons. The van der Waals surface area contributed by atoms with Gasteiger partial charge in [0.05, 0.1) is 0 Å². The molecule has 1 fully saturated rings. The molecule has 3 nitrogen and oxygen atoms in total. The molecular weight excluding hydrogens is 358 g/mol. The summed E-state index contributed by atoms with van der Waals surface area (Å²) in [5.74, 6) is 0. The Labute approximate surface area is 125 Å². The first-order chi connectivity index (χ1) is 8.49. The van der Waals surface area contributed by atoms with E-state index in [1.54, 1.807) is 0 Å². The molecule has 18 heavy (non-hydrogen) atoms. The van der Waals surface area contributed by atoms with Crippen LogP contribution in [0, 0.1) is 0 Å². The van der Waals surface area contributed by atoms with Crippen LogP contribution in [0.5, 0.6) is 0 Å². The van der Waals surface area contributed by atoms with Gasteiger partial charge < -0.3 is 0 Å². The van der Waals surface area contributed by atoms with Crippen LogP contribution in [-0.2, 0) is 0 Å². The van der Waals surface area contributed by atoms with E-state index in [9.17, 15) is 4.79 Å². The van der Waals surface area contributed by atoms with Crippen LogP contribution in [0.3, 0.4) is 0 Å². The van der Waals surface area contributed by atoms with Crippen molar-refractivity contribution in [3.8, 4) is 0 Å². The van der Waals surface area contributed by atoms with Gasteiger partial charge in [0, 0.05) is 0 Å². The topological polar surface area (TPSA) is 32.3 Å². The molecule has 0 unspecified atom stereocenters. The van der Waals surface area contributed by atoms with Gasteiger partial charge in [-0.2, -0.15) is 0 Å². The standard InChI is InChI=1S/C13H26N2OSe2/c1-10(2)17-15(18-11(3)4)13(16)14-12-8-6-5-7-9-12/h10-12H,5-9H2,1-4H3,(H,14,16). The van der Waals surface area contributed by atoms with Crippen molar-refractivity contribution in [1.29, 1.82) is 0 Å². The molecule has 1 aliphatic carbocycles. The van der Waals surface area contributed by atoms with Crippen molar-refractivity contribution in [2.24, 2.45) is 0 Å². The van der Waals surface area contributed by atoms with Crippen molar-refractivity contribution >= 4 is 36.4 Å². The number of rotatable bonds is 5. The number of hydrogen-bond acceptors (Lipinski definition) is 1. The van der Waals surface area contributed by atoms with E-state index >= 15 is 0 Å². The van der Waals surface area contributed by atoms with Crippen LogP contribution in [-0.4, -0.2) is 45.4 Å². The summed E-state index contributed by atoms with van der Waals surface area (Å²) < 4.78 is 2.12. The van der Waals surface area contributed by atoms with Crippen molar-refractivity contribution in [2.75, 3.05) is 0 Å². The third kappa shape index (κ3) is 6.47. The van der Waals surface area contributed by atoms with Gasteiger partial charge >= 0.3 is 125 Å². The molecule has 0 spiro atoms. The average molecular weight is 384 g/mol. The summed E-state index contributed by atoms with van der Waals surface area (Å²) in [5, 5.41) is 3.25. The fourth-order valence-electron chi connectivity index (χ4n) is 1.98. The SMILES string of the molecule is CC(C)[Se]N([Se]C(C)C)C(=O)NC1CCCCC1. The van der Waals surface area contributed by atoms with Gasteiger partial charge in [0.1, 0.15) is 0 Å². The molecule has 1 aliphatic rings. The van der Waals surface area contributed by atoms with Crippen molar-refractivity contribution in [2.45, 2.75) is 75.5 Å². The average Bonchev–Trinajstić information content (AvgIpc) is 2.28. The quantitative estimate of drug-likeness (QED) is 0.726. The zero-order valence-electron chi connectivity index (χ0n) is 11.9. The van der Waals surface area contributed by atoms with Crippen LogP contribution in [0.1, 0.15) is 59.8 Å². The third-order valence-electron chi connectivity index (χ3n) is 2.71. The zero-order chi connectivity index (χ0) is 13.5. The van der Waals surface area contributed by atoms with Crippen molar-refractivity contribution in [1.82, 2.24) is 8.25 Å². The molecule has 1 saturated carbocycles. The zero-order valence-corrected chi connectivity index (χ0v) is 15.4. The molecule has 0 aliphatic heterocycles. The maximum absolute atomic E-state index is 12.3. The first kappa shape index (κ1) is 16.4. The molecule has 0 atom stereocenters. The number of nitrogens with one attached hydrogen (secondary N) is 1. The molecule has 106 valence electrons. The van der Waals surface area contributed by atoms with Gasteiger partial charge in [-0.25, -0.2) is 0 Å². The van der Waals surface area contributed by atoms with Crippen molar-refractivity contribution in [3.63, 3.8) is 0 Å². The number of urea groups is 1. The van der Waals surface area contributed by atoms with Crippen molar-refractivity contribution < 1.29 is 4.79 Å². The maximum atomic E-state index is 12.3. The fourth-order valence-corrected chi connectivity index (χ4v) is 8.61.